The molecule has 4 heterocycles. The van der Waals surface area contributed by atoms with Crippen LogP contribution < -0.4 is 10.1 Å². The van der Waals surface area contributed by atoms with Crippen LogP contribution in [0, 0.1) is 0 Å². The zero-order valence-corrected chi connectivity index (χ0v) is 19.0. The van der Waals surface area contributed by atoms with Gasteiger partial charge in [-0.25, -0.2) is 9.97 Å². The van der Waals surface area contributed by atoms with Crippen molar-refractivity contribution < 1.29 is 4.74 Å². The molecular weight excluding hydrogens is 420 g/mol. The van der Waals surface area contributed by atoms with Gasteiger partial charge in [-0.2, -0.15) is 5.10 Å². The van der Waals surface area contributed by atoms with Gasteiger partial charge < -0.3 is 10.1 Å². The van der Waals surface area contributed by atoms with Crippen LogP contribution in [0.3, 0.4) is 0 Å². The summed E-state index contributed by atoms with van der Waals surface area (Å²) in [4.78, 5) is 14.3. The maximum absolute atomic E-state index is 6.30. The lowest BCUT2D eigenvalue weighted by atomic mass is 9.97. The highest BCUT2D eigenvalue weighted by atomic mass is 32.1. The fraction of sp³-hybridized carbons (Fsp3) is 0.458. The molecule has 2 N–H and O–H groups in total. The number of hydrogen-bond acceptors (Lipinski definition) is 7. The highest BCUT2D eigenvalue weighted by Crippen LogP contribution is 2.40. The molecular formula is C24H28N6OS. The van der Waals surface area contributed by atoms with E-state index in [0.717, 1.165) is 52.4 Å². The zero-order valence-electron chi connectivity index (χ0n) is 18.2. The normalized spacial score (nSPS) is 17.0. The summed E-state index contributed by atoms with van der Waals surface area (Å²) in [5, 5.41) is 13.1. The SMILES string of the molecule is c1nc(Nc2cc3cn[nH]c3cc2OCCN2CCCCC2)c2c3c(sc2n1)CCCC3. The van der Waals surface area contributed by atoms with Gasteiger partial charge in [0.15, 0.2) is 0 Å². The molecule has 1 aliphatic carbocycles. The van der Waals surface area contributed by atoms with Crippen LogP contribution in [0.1, 0.15) is 42.5 Å². The van der Waals surface area contributed by atoms with Crippen molar-refractivity contribution in [3.63, 3.8) is 0 Å². The molecule has 1 aliphatic heterocycles. The molecule has 1 saturated heterocycles. The van der Waals surface area contributed by atoms with Crippen molar-refractivity contribution in [2.75, 3.05) is 31.6 Å². The third-order valence-electron chi connectivity index (χ3n) is 6.66. The fourth-order valence-corrected chi connectivity index (χ4v) is 6.20. The van der Waals surface area contributed by atoms with E-state index in [9.17, 15) is 0 Å². The molecule has 32 heavy (non-hydrogen) atoms. The van der Waals surface area contributed by atoms with Gasteiger partial charge in [0.25, 0.3) is 0 Å². The monoisotopic (exact) mass is 448 g/mol. The van der Waals surface area contributed by atoms with Crippen LogP contribution in [0.15, 0.2) is 24.7 Å². The molecule has 0 bridgehead atoms. The minimum absolute atomic E-state index is 0.668. The van der Waals surface area contributed by atoms with E-state index < -0.39 is 0 Å². The Kier molecular flexibility index (Phi) is 5.40. The number of nitrogens with one attached hydrogen (secondary N) is 2. The van der Waals surface area contributed by atoms with Gasteiger partial charge in [0.1, 0.15) is 29.3 Å². The Morgan fingerprint density at radius 2 is 1.97 bits per heavy atom. The second-order valence-corrected chi connectivity index (χ2v) is 9.88. The summed E-state index contributed by atoms with van der Waals surface area (Å²) in [6.45, 7) is 3.98. The van der Waals surface area contributed by atoms with Crippen molar-refractivity contribution in [2.45, 2.75) is 44.9 Å². The van der Waals surface area contributed by atoms with E-state index in [1.807, 2.05) is 23.6 Å². The second kappa shape index (κ2) is 8.67. The minimum Gasteiger partial charge on any atom is -0.490 e. The molecule has 7 nitrogen and oxygen atoms in total. The number of thiophene rings is 1. The van der Waals surface area contributed by atoms with Crippen LogP contribution >= 0.6 is 11.3 Å². The minimum atomic E-state index is 0.668. The standard InChI is InChI=1S/C24H28N6OS/c1-4-8-30(9-5-1)10-11-31-20-13-18-16(14-27-29-18)12-19(20)28-23-22-17-6-2-3-7-21(17)32-24(22)26-15-25-23/h12-15H,1-11H2,(H,27,29)(H,25,26,28). The molecule has 0 amide bonds. The van der Waals surface area contributed by atoms with Crippen LogP contribution in [0.4, 0.5) is 11.5 Å². The molecule has 1 fully saturated rings. The van der Waals surface area contributed by atoms with Gasteiger partial charge in [-0.05, 0) is 63.2 Å². The number of benzene rings is 1. The van der Waals surface area contributed by atoms with Crippen LogP contribution in [-0.4, -0.2) is 51.3 Å². The topological polar surface area (TPSA) is 79.0 Å². The predicted octanol–water partition coefficient (Wildman–Crippen LogP) is 5.05. The van der Waals surface area contributed by atoms with Crippen molar-refractivity contribution in [2.24, 2.45) is 0 Å². The van der Waals surface area contributed by atoms with Gasteiger partial charge >= 0.3 is 0 Å². The zero-order chi connectivity index (χ0) is 21.3. The lowest BCUT2D eigenvalue weighted by Gasteiger charge is -2.26. The fourth-order valence-electron chi connectivity index (χ4n) is 4.97. The summed E-state index contributed by atoms with van der Waals surface area (Å²) in [6, 6.07) is 4.14. The van der Waals surface area contributed by atoms with Gasteiger partial charge in [0.05, 0.1) is 22.8 Å². The third kappa shape index (κ3) is 3.82. The Morgan fingerprint density at radius 1 is 1.06 bits per heavy atom. The molecule has 0 atom stereocenters. The molecule has 2 aliphatic rings. The molecule has 1 aromatic carbocycles. The number of piperidine rings is 1. The first-order valence-corrected chi connectivity index (χ1v) is 12.5. The summed E-state index contributed by atoms with van der Waals surface area (Å²) in [5.74, 6) is 1.70. The number of hydrogen-bond donors (Lipinski definition) is 2. The molecule has 8 heteroatoms. The van der Waals surface area contributed by atoms with E-state index >= 15 is 0 Å². The van der Waals surface area contributed by atoms with Crippen molar-refractivity contribution in [3.8, 4) is 5.75 Å². The lowest BCUT2D eigenvalue weighted by molar-refractivity contribution is 0.184. The van der Waals surface area contributed by atoms with Crippen molar-refractivity contribution in [1.82, 2.24) is 25.1 Å². The maximum atomic E-state index is 6.30. The first-order valence-electron chi connectivity index (χ1n) is 11.7. The lowest BCUT2D eigenvalue weighted by Crippen LogP contribution is -2.33. The van der Waals surface area contributed by atoms with Crippen LogP contribution in [0.25, 0.3) is 21.1 Å². The average Bonchev–Trinajstić information content (AvgIpc) is 3.44. The predicted molar refractivity (Wildman–Crippen MR) is 129 cm³/mol. The second-order valence-electron chi connectivity index (χ2n) is 8.79. The summed E-state index contributed by atoms with van der Waals surface area (Å²) in [7, 11) is 0. The van der Waals surface area contributed by atoms with E-state index in [1.54, 1.807) is 6.33 Å². The number of aryl methyl sites for hydroxylation is 2. The number of likely N-dealkylation sites (tertiary alicyclic amines) is 1. The molecule has 3 aromatic heterocycles. The Hall–Kier alpha value is -2.71. The molecule has 4 aromatic rings. The molecule has 0 spiro atoms. The largest absolute Gasteiger partial charge is 0.490 e. The highest BCUT2D eigenvalue weighted by molar-refractivity contribution is 7.19. The smallest absolute Gasteiger partial charge is 0.145 e. The summed E-state index contributed by atoms with van der Waals surface area (Å²) in [5.41, 5.74) is 3.33. The van der Waals surface area contributed by atoms with Crippen molar-refractivity contribution in [1.29, 1.82) is 0 Å². The van der Waals surface area contributed by atoms with E-state index in [-0.39, 0.29) is 0 Å². The number of aromatic amines is 1. The Bertz CT molecular complexity index is 1240. The maximum Gasteiger partial charge on any atom is 0.145 e. The number of aromatic nitrogens is 4. The quantitative estimate of drug-likeness (QED) is 0.429. The Morgan fingerprint density at radius 3 is 2.91 bits per heavy atom. The van der Waals surface area contributed by atoms with Crippen molar-refractivity contribution in [3.05, 3.63) is 35.1 Å². The van der Waals surface area contributed by atoms with Gasteiger partial charge in [-0.15, -0.1) is 11.3 Å². The van der Waals surface area contributed by atoms with Crippen LogP contribution in [-0.2, 0) is 12.8 Å². The molecule has 6 rings (SSSR count). The average molecular weight is 449 g/mol. The highest BCUT2D eigenvalue weighted by Gasteiger charge is 2.21. The van der Waals surface area contributed by atoms with Gasteiger partial charge in [-0.1, -0.05) is 6.42 Å². The molecule has 0 saturated carbocycles. The van der Waals surface area contributed by atoms with Crippen LogP contribution in [0.2, 0.25) is 0 Å². The number of ether oxygens (including phenoxy) is 1. The Labute approximate surface area is 191 Å². The summed E-state index contributed by atoms with van der Waals surface area (Å²) < 4.78 is 6.30. The van der Waals surface area contributed by atoms with Gasteiger partial charge in [0, 0.05) is 22.9 Å². The molecule has 166 valence electrons. The number of rotatable bonds is 6. The number of H-pyrrole nitrogens is 1. The first-order chi connectivity index (χ1) is 15.8. The van der Waals surface area contributed by atoms with E-state index in [1.165, 1.54) is 61.0 Å². The van der Waals surface area contributed by atoms with Gasteiger partial charge in [-0.3, -0.25) is 10.00 Å². The van der Waals surface area contributed by atoms with E-state index in [0.29, 0.717) is 6.61 Å². The number of fused-ring (bicyclic) bond motifs is 4. The number of anilines is 2. The van der Waals surface area contributed by atoms with Crippen molar-refractivity contribution >= 4 is 44.0 Å². The van der Waals surface area contributed by atoms with Gasteiger partial charge in [0.2, 0.25) is 0 Å². The summed E-state index contributed by atoms with van der Waals surface area (Å²) in [6.07, 6.45) is 12.2. The van der Waals surface area contributed by atoms with E-state index in [2.05, 4.69) is 36.4 Å². The molecule has 0 radical (unpaired) electrons. The summed E-state index contributed by atoms with van der Waals surface area (Å²) >= 11 is 1.82. The third-order valence-corrected chi connectivity index (χ3v) is 7.86. The van der Waals surface area contributed by atoms with Crippen LogP contribution in [0.5, 0.6) is 5.75 Å². The number of nitrogens with zero attached hydrogens (tertiary/aromatic N) is 4. The van der Waals surface area contributed by atoms with E-state index in [4.69, 9.17) is 4.74 Å². The molecule has 0 unspecified atom stereocenters. The Balaban J connectivity index is 1.31. The first kappa shape index (κ1) is 19.9.